The number of nitrogens with zero attached hydrogens (tertiary/aromatic N) is 2. The van der Waals surface area contributed by atoms with E-state index in [0.717, 1.165) is 38.9 Å². The average Bonchev–Trinajstić information content (AvgIpc) is 3.06. The van der Waals surface area contributed by atoms with E-state index in [2.05, 4.69) is 24.8 Å². The van der Waals surface area contributed by atoms with Gasteiger partial charge in [-0.15, -0.1) is 11.3 Å². The molecule has 1 aromatic heterocycles. The van der Waals surface area contributed by atoms with Gasteiger partial charge >= 0.3 is 0 Å². The number of hydrogen-bond donors (Lipinski definition) is 1. The minimum atomic E-state index is -0.504. The van der Waals surface area contributed by atoms with Crippen LogP contribution in [0.4, 0.5) is 0 Å². The zero-order valence-corrected chi connectivity index (χ0v) is 17.2. The molecule has 2 amide bonds. The van der Waals surface area contributed by atoms with Gasteiger partial charge < -0.3 is 15.4 Å². The molecule has 2 aliphatic heterocycles. The lowest BCUT2D eigenvalue weighted by Crippen LogP contribution is -2.46. The number of nitrogens with two attached hydrogens (primary N) is 1. The summed E-state index contributed by atoms with van der Waals surface area (Å²) in [5, 5.41) is 0. The van der Waals surface area contributed by atoms with Gasteiger partial charge in [0.05, 0.1) is 18.0 Å². The summed E-state index contributed by atoms with van der Waals surface area (Å²) in [5.41, 5.74) is 7.52. The molecule has 3 heterocycles. The molecule has 0 saturated carbocycles. The largest absolute Gasteiger partial charge is 0.369 e. The molecular formula is C20H29N3O3S. The number of ether oxygens (including phenoxy) is 1. The number of allylic oxidation sites excluding steroid dienone is 1. The number of primary amides is 1. The first-order valence-corrected chi connectivity index (χ1v) is 10.3. The zero-order chi connectivity index (χ0) is 19.6. The highest BCUT2D eigenvalue weighted by Crippen LogP contribution is 2.45. The second kappa shape index (κ2) is 8.12. The van der Waals surface area contributed by atoms with E-state index >= 15 is 0 Å². The molecule has 2 N–H and O–H groups in total. The summed E-state index contributed by atoms with van der Waals surface area (Å²) >= 11 is 1.52. The first kappa shape index (κ1) is 20.0. The van der Waals surface area contributed by atoms with Gasteiger partial charge in [-0.2, -0.15) is 0 Å². The van der Waals surface area contributed by atoms with Crippen LogP contribution in [0.15, 0.2) is 17.7 Å². The first-order chi connectivity index (χ1) is 12.8. The Morgan fingerprint density at radius 1 is 1.37 bits per heavy atom. The van der Waals surface area contributed by atoms with Crippen molar-refractivity contribution in [3.8, 4) is 0 Å². The molecule has 1 aromatic rings. The molecule has 0 bridgehead atoms. The van der Waals surface area contributed by atoms with E-state index in [4.69, 9.17) is 10.5 Å². The predicted octanol–water partition coefficient (Wildman–Crippen LogP) is 2.14. The van der Waals surface area contributed by atoms with Crippen LogP contribution in [0.1, 0.15) is 46.8 Å². The minimum absolute atomic E-state index is 0.0671. The molecule has 0 radical (unpaired) electrons. The molecule has 148 valence electrons. The fraction of sp³-hybridized carbons (Fsp3) is 0.600. The molecule has 0 aliphatic carbocycles. The normalized spacial score (nSPS) is 18.8. The molecule has 1 spiro atoms. The highest BCUT2D eigenvalue weighted by Gasteiger charge is 2.42. The molecule has 1 fully saturated rings. The summed E-state index contributed by atoms with van der Waals surface area (Å²) in [7, 11) is 1.61. The zero-order valence-electron chi connectivity index (χ0n) is 16.4. The van der Waals surface area contributed by atoms with Crippen molar-refractivity contribution in [1.29, 1.82) is 0 Å². The highest BCUT2D eigenvalue weighted by atomic mass is 32.1. The standard InChI is InChI=1S/C20H29N3O3S/c1-14(2)4-8-23-9-6-20(7-10-23)18-15(5-11-26-20)12-16(27-18)19(25)22(3)13-17(21)24/h4,12H,5-11,13H2,1-3H3,(H2,21,24). The molecule has 3 rings (SSSR count). The van der Waals surface area contributed by atoms with Gasteiger partial charge in [0.1, 0.15) is 5.60 Å². The van der Waals surface area contributed by atoms with Gasteiger partial charge in [0.15, 0.2) is 0 Å². The second-order valence-corrected chi connectivity index (χ2v) is 8.82. The molecule has 0 aromatic carbocycles. The number of carbonyl (C=O) groups excluding carboxylic acids is 2. The van der Waals surface area contributed by atoms with Crippen LogP contribution < -0.4 is 5.73 Å². The molecule has 2 aliphatic rings. The highest BCUT2D eigenvalue weighted by molar-refractivity contribution is 7.14. The van der Waals surface area contributed by atoms with Crippen molar-refractivity contribution in [2.75, 3.05) is 39.8 Å². The van der Waals surface area contributed by atoms with Crippen molar-refractivity contribution in [2.45, 2.75) is 38.7 Å². The number of thiophene rings is 1. The molecule has 0 unspecified atom stereocenters. The van der Waals surface area contributed by atoms with E-state index < -0.39 is 5.91 Å². The lowest BCUT2D eigenvalue weighted by Gasteiger charge is -2.43. The Kier molecular flexibility index (Phi) is 6.03. The second-order valence-electron chi connectivity index (χ2n) is 7.77. The summed E-state index contributed by atoms with van der Waals surface area (Å²) < 4.78 is 6.29. The van der Waals surface area contributed by atoms with Gasteiger partial charge in [0.25, 0.3) is 5.91 Å². The van der Waals surface area contributed by atoms with E-state index in [1.807, 2.05) is 6.07 Å². The number of likely N-dealkylation sites (tertiary alicyclic amines) is 1. The van der Waals surface area contributed by atoms with Crippen LogP contribution in [0, 0.1) is 0 Å². The third kappa shape index (κ3) is 4.42. The first-order valence-electron chi connectivity index (χ1n) is 9.47. The van der Waals surface area contributed by atoms with Crippen molar-refractivity contribution >= 4 is 23.2 Å². The average molecular weight is 392 g/mol. The van der Waals surface area contributed by atoms with Gasteiger partial charge in [-0.05, 0) is 44.7 Å². The third-order valence-corrected chi connectivity index (χ3v) is 6.70. The van der Waals surface area contributed by atoms with Crippen LogP contribution in [0.25, 0.3) is 0 Å². The van der Waals surface area contributed by atoms with Crippen LogP contribution in [-0.2, 0) is 21.6 Å². The SMILES string of the molecule is CC(C)=CCN1CCC2(CC1)OCCc1cc(C(=O)N(C)CC(N)=O)sc12. The summed E-state index contributed by atoms with van der Waals surface area (Å²) in [6.45, 7) is 7.85. The monoisotopic (exact) mass is 391 g/mol. The fourth-order valence-electron chi connectivity index (χ4n) is 3.80. The Morgan fingerprint density at radius 3 is 2.70 bits per heavy atom. The number of fused-ring (bicyclic) bond motifs is 2. The molecule has 27 heavy (non-hydrogen) atoms. The Hall–Kier alpha value is -1.70. The molecule has 1 saturated heterocycles. The summed E-state index contributed by atoms with van der Waals surface area (Å²) in [6.07, 6.45) is 4.99. The van der Waals surface area contributed by atoms with Crippen molar-refractivity contribution in [1.82, 2.24) is 9.80 Å². The van der Waals surface area contributed by atoms with E-state index in [-0.39, 0.29) is 18.1 Å². The van der Waals surface area contributed by atoms with Gasteiger partial charge in [-0.3, -0.25) is 14.5 Å². The Bertz CT molecular complexity index is 744. The van der Waals surface area contributed by atoms with Crippen LogP contribution >= 0.6 is 11.3 Å². The van der Waals surface area contributed by atoms with Crippen molar-refractivity contribution < 1.29 is 14.3 Å². The van der Waals surface area contributed by atoms with Crippen LogP contribution in [0.5, 0.6) is 0 Å². The maximum absolute atomic E-state index is 12.6. The maximum atomic E-state index is 12.6. The van der Waals surface area contributed by atoms with E-state index in [1.54, 1.807) is 7.05 Å². The maximum Gasteiger partial charge on any atom is 0.264 e. The molecule has 0 atom stereocenters. The quantitative estimate of drug-likeness (QED) is 0.780. The summed E-state index contributed by atoms with van der Waals surface area (Å²) in [5.74, 6) is -0.653. The smallest absolute Gasteiger partial charge is 0.264 e. The van der Waals surface area contributed by atoms with E-state index in [0.29, 0.717) is 11.5 Å². The van der Waals surface area contributed by atoms with Crippen molar-refractivity contribution in [3.05, 3.63) is 33.0 Å². The number of rotatable bonds is 5. The number of carbonyl (C=O) groups is 2. The van der Waals surface area contributed by atoms with Gasteiger partial charge in [0.2, 0.25) is 5.91 Å². The topological polar surface area (TPSA) is 75.9 Å². The molecule has 7 heteroatoms. The number of piperidine rings is 1. The lowest BCUT2D eigenvalue weighted by atomic mass is 9.85. The lowest BCUT2D eigenvalue weighted by molar-refractivity contribution is -0.118. The molecular weight excluding hydrogens is 362 g/mol. The van der Waals surface area contributed by atoms with E-state index in [1.165, 1.54) is 32.3 Å². The Morgan fingerprint density at radius 2 is 2.07 bits per heavy atom. The van der Waals surface area contributed by atoms with Crippen LogP contribution in [0.3, 0.4) is 0 Å². The Labute approximate surface area is 165 Å². The third-order valence-electron chi connectivity index (χ3n) is 5.34. The minimum Gasteiger partial charge on any atom is -0.369 e. The number of likely N-dealkylation sites (N-methyl/N-ethyl adjacent to an activating group) is 1. The van der Waals surface area contributed by atoms with Gasteiger partial charge in [0, 0.05) is 31.6 Å². The van der Waals surface area contributed by atoms with Crippen molar-refractivity contribution in [2.24, 2.45) is 5.73 Å². The predicted molar refractivity (Wildman–Crippen MR) is 107 cm³/mol. The van der Waals surface area contributed by atoms with Crippen molar-refractivity contribution in [3.63, 3.8) is 0 Å². The number of amides is 2. The summed E-state index contributed by atoms with van der Waals surface area (Å²) in [6, 6.07) is 1.99. The van der Waals surface area contributed by atoms with Gasteiger partial charge in [-0.1, -0.05) is 11.6 Å². The van der Waals surface area contributed by atoms with Crippen LogP contribution in [0.2, 0.25) is 0 Å². The van der Waals surface area contributed by atoms with Gasteiger partial charge in [-0.25, -0.2) is 0 Å². The Balaban J connectivity index is 1.75. The van der Waals surface area contributed by atoms with Crippen LogP contribution in [-0.4, -0.2) is 61.4 Å². The number of hydrogen-bond acceptors (Lipinski definition) is 5. The molecule has 6 nitrogen and oxygen atoms in total. The fourth-order valence-corrected chi connectivity index (χ4v) is 5.21. The summed E-state index contributed by atoms with van der Waals surface area (Å²) in [4.78, 5) is 29.5. The van der Waals surface area contributed by atoms with E-state index in [9.17, 15) is 9.59 Å².